The van der Waals surface area contributed by atoms with E-state index in [1.54, 1.807) is 0 Å². The number of hydrogen-bond donors (Lipinski definition) is 1. The van der Waals surface area contributed by atoms with Gasteiger partial charge < -0.3 is 10.1 Å². The number of ether oxygens (including phenoxy) is 1. The van der Waals surface area contributed by atoms with Crippen LogP contribution >= 0.6 is 11.8 Å². The lowest BCUT2D eigenvalue weighted by molar-refractivity contribution is 0.104. The van der Waals surface area contributed by atoms with Crippen molar-refractivity contribution >= 4 is 11.8 Å². The highest BCUT2D eigenvalue weighted by molar-refractivity contribution is 8.00. The molecule has 0 radical (unpaired) electrons. The van der Waals surface area contributed by atoms with Gasteiger partial charge in [0.1, 0.15) is 0 Å². The third kappa shape index (κ3) is 6.77. The fourth-order valence-corrected chi connectivity index (χ4v) is 2.66. The summed E-state index contributed by atoms with van der Waals surface area (Å²) in [6.45, 7) is 11.2. The van der Waals surface area contributed by atoms with Gasteiger partial charge in [-0.1, -0.05) is 20.8 Å². The van der Waals surface area contributed by atoms with E-state index in [0.29, 0.717) is 16.9 Å². The molecule has 2 nitrogen and oxygen atoms in total. The number of hydrogen-bond acceptors (Lipinski definition) is 3. The molecule has 16 heavy (non-hydrogen) atoms. The molecule has 0 aromatic rings. The van der Waals surface area contributed by atoms with Crippen LogP contribution < -0.4 is 5.32 Å². The normalized spacial score (nSPS) is 23.6. The molecule has 1 fully saturated rings. The van der Waals surface area contributed by atoms with Gasteiger partial charge in [0.25, 0.3) is 0 Å². The summed E-state index contributed by atoms with van der Waals surface area (Å²) in [4.78, 5) is 0. The second-order valence-corrected chi connectivity index (χ2v) is 7.55. The molecule has 0 aromatic heterocycles. The highest BCUT2D eigenvalue weighted by Crippen LogP contribution is 2.23. The first-order valence-corrected chi connectivity index (χ1v) is 7.45. The maximum atomic E-state index is 5.60. The van der Waals surface area contributed by atoms with Gasteiger partial charge in [-0.15, -0.1) is 0 Å². The highest BCUT2D eigenvalue weighted by Gasteiger charge is 2.16. The maximum absolute atomic E-state index is 5.60. The summed E-state index contributed by atoms with van der Waals surface area (Å²) < 4.78 is 5.98. The smallest absolute Gasteiger partial charge is 0.0588 e. The minimum Gasteiger partial charge on any atom is -0.378 e. The summed E-state index contributed by atoms with van der Waals surface area (Å²) in [6, 6.07) is 0.602. The van der Waals surface area contributed by atoms with Crippen molar-refractivity contribution in [2.45, 2.75) is 63.9 Å². The van der Waals surface area contributed by atoms with Gasteiger partial charge in [0.2, 0.25) is 0 Å². The van der Waals surface area contributed by atoms with Crippen LogP contribution in [0.2, 0.25) is 0 Å². The average molecular weight is 245 g/mol. The van der Waals surface area contributed by atoms with E-state index >= 15 is 0 Å². The second kappa shape index (κ2) is 6.87. The lowest BCUT2D eigenvalue weighted by atomic mass is 10.2. The Balaban J connectivity index is 1.99. The quantitative estimate of drug-likeness (QED) is 0.777. The van der Waals surface area contributed by atoms with Crippen LogP contribution in [0.4, 0.5) is 0 Å². The predicted octanol–water partition coefficient (Wildman–Crippen LogP) is 3.07. The molecule has 2 atom stereocenters. The summed E-state index contributed by atoms with van der Waals surface area (Å²) in [5, 5.41) is 3.58. The fourth-order valence-electron chi connectivity index (χ4n) is 1.80. The van der Waals surface area contributed by atoms with Crippen LogP contribution in [0.5, 0.6) is 0 Å². The average Bonchev–Trinajstić information content (AvgIpc) is 2.66. The van der Waals surface area contributed by atoms with Crippen LogP contribution in [0, 0.1) is 0 Å². The van der Waals surface area contributed by atoms with Crippen molar-refractivity contribution < 1.29 is 4.74 Å². The summed E-state index contributed by atoms with van der Waals surface area (Å²) in [6.07, 6.45) is 4.20. The van der Waals surface area contributed by atoms with E-state index in [1.165, 1.54) is 25.0 Å². The molecule has 1 N–H and O–H groups in total. The number of nitrogens with one attached hydrogen (secondary N) is 1. The minimum absolute atomic E-state index is 0.379. The van der Waals surface area contributed by atoms with Crippen molar-refractivity contribution in [3.05, 3.63) is 0 Å². The van der Waals surface area contributed by atoms with E-state index < -0.39 is 0 Å². The standard InChI is InChI=1S/C13H27NOS/c1-11(10-16-13(2,3)4)14-8-7-12-6-5-9-15-12/h11-12,14H,5-10H2,1-4H3. The highest BCUT2D eigenvalue weighted by atomic mass is 32.2. The monoisotopic (exact) mass is 245 g/mol. The van der Waals surface area contributed by atoms with E-state index in [0.717, 1.165) is 13.2 Å². The lowest BCUT2D eigenvalue weighted by Crippen LogP contribution is -2.32. The Morgan fingerprint density at radius 2 is 2.19 bits per heavy atom. The minimum atomic E-state index is 0.379. The molecule has 96 valence electrons. The first-order chi connectivity index (χ1) is 7.47. The van der Waals surface area contributed by atoms with Crippen molar-refractivity contribution in [3.8, 4) is 0 Å². The summed E-state index contributed by atoms with van der Waals surface area (Å²) in [7, 11) is 0. The maximum Gasteiger partial charge on any atom is 0.0588 e. The Kier molecular flexibility index (Phi) is 6.16. The van der Waals surface area contributed by atoms with Crippen molar-refractivity contribution in [3.63, 3.8) is 0 Å². The van der Waals surface area contributed by atoms with Crippen LogP contribution in [-0.2, 0) is 4.74 Å². The van der Waals surface area contributed by atoms with Gasteiger partial charge >= 0.3 is 0 Å². The number of thioether (sulfide) groups is 1. The zero-order chi connectivity index (χ0) is 12.0. The molecule has 2 unspecified atom stereocenters. The largest absolute Gasteiger partial charge is 0.378 e. The topological polar surface area (TPSA) is 21.3 Å². The first-order valence-electron chi connectivity index (χ1n) is 6.46. The summed E-state index contributed by atoms with van der Waals surface area (Å²) in [5.74, 6) is 1.19. The van der Waals surface area contributed by atoms with E-state index in [9.17, 15) is 0 Å². The van der Waals surface area contributed by atoms with Crippen LogP contribution in [-0.4, -0.2) is 35.8 Å². The van der Waals surface area contributed by atoms with Gasteiger partial charge in [-0.3, -0.25) is 0 Å². The van der Waals surface area contributed by atoms with E-state index in [-0.39, 0.29) is 0 Å². The predicted molar refractivity (Wildman–Crippen MR) is 73.3 cm³/mol. The Morgan fingerprint density at radius 3 is 2.75 bits per heavy atom. The molecule has 1 aliphatic heterocycles. The Labute approximate surface area is 105 Å². The Morgan fingerprint density at radius 1 is 1.44 bits per heavy atom. The van der Waals surface area contributed by atoms with Crippen molar-refractivity contribution in [1.82, 2.24) is 5.32 Å². The zero-order valence-electron chi connectivity index (χ0n) is 11.2. The van der Waals surface area contributed by atoms with Crippen LogP contribution in [0.15, 0.2) is 0 Å². The lowest BCUT2D eigenvalue weighted by Gasteiger charge is -2.21. The first kappa shape index (κ1) is 14.3. The SMILES string of the molecule is CC(CSC(C)(C)C)NCCC1CCCO1. The zero-order valence-corrected chi connectivity index (χ0v) is 12.0. The molecule has 0 aliphatic carbocycles. The van der Waals surface area contributed by atoms with Gasteiger partial charge in [-0.05, 0) is 32.7 Å². The molecule has 0 spiro atoms. The van der Waals surface area contributed by atoms with Gasteiger partial charge in [0.05, 0.1) is 6.10 Å². The van der Waals surface area contributed by atoms with Crippen molar-refractivity contribution in [1.29, 1.82) is 0 Å². The molecular weight excluding hydrogens is 218 g/mol. The molecule has 3 heteroatoms. The van der Waals surface area contributed by atoms with Crippen LogP contribution in [0.3, 0.4) is 0 Å². The van der Waals surface area contributed by atoms with Crippen molar-refractivity contribution in [2.24, 2.45) is 0 Å². The van der Waals surface area contributed by atoms with E-state index in [1.807, 2.05) is 11.8 Å². The molecule has 0 aromatic carbocycles. The Hall–Kier alpha value is 0.270. The van der Waals surface area contributed by atoms with Gasteiger partial charge in [-0.2, -0.15) is 11.8 Å². The summed E-state index contributed by atoms with van der Waals surface area (Å²) in [5.41, 5.74) is 0. The molecule has 0 amide bonds. The van der Waals surface area contributed by atoms with Gasteiger partial charge in [0.15, 0.2) is 0 Å². The van der Waals surface area contributed by atoms with Crippen LogP contribution in [0.1, 0.15) is 47.0 Å². The summed E-state index contributed by atoms with van der Waals surface area (Å²) >= 11 is 2.03. The molecule has 1 saturated heterocycles. The van der Waals surface area contributed by atoms with Gasteiger partial charge in [-0.25, -0.2) is 0 Å². The third-order valence-electron chi connectivity index (χ3n) is 2.75. The second-order valence-electron chi connectivity index (χ2n) is 5.70. The van der Waals surface area contributed by atoms with Crippen LogP contribution in [0.25, 0.3) is 0 Å². The Bertz CT molecular complexity index is 185. The van der Waals surface area contributed by atoms with E-state index in [2.05, 4.69) is 33.0 Å². The molecular formula is C13H27NOS. The third-order valence-corrected chi connectivity index (χ3v) is 4.28. The molecule has 0 saturated carbocycles. The number of rotatable bonds is 6. The van der Waals surface area contributed by atoms with Gasteiger partial charge in [0, 0.05) is 23.1 Å². The van der Waals surface area contributed by atoms with E-state index in [4.69, 9.17) is 4.74 Å². The molecule has 1 rings (SSSR count). The molecule has 1 aliphatic rings. The molecule has 0 bridgehead atoms. The van der Waals surface area contributed by atoms with Crippen molar-refractivity contribution in [2.75, 3.05) is 18.9 Å². The fraction of sp³-hybridized carbons (Fsp3) is 1.00. The molecule has 1 heterocycles.